The van der Waals surface area contributed by atoms with Gasteiger partial charge >= 0.3 is 0 Å². The summed E-state index contributed by atoms with van der Waals surface area (Å²) in [6.45, 7) is 3.24. The summed E-state index contributed by atoms with van der Waals surface area (Å²) in [6.07, 6.45) is 2.48. The molecule has 0 spiro atoms. The number of ether oxygens (including phenoxy) is 2. The molecule has 6 heteroatoms. The highest BCUT2D eigenvalue weighted by atomic mass is 16.5. The van der Waals surface area contributed by atoms with Crippen molar-refractivity contribution in [3.63, 3.8) is 0 Å². The molecule has 126 valence electrons. The molecule has 1 aromatic heterocycles. The Labute approximate surface area is 141 Å². The fourth-order valence-corrected chi connectivity index (χ4v) is 2.52. The first-order valence-corrected chi connectivity index (χ1v) is 8.01. The Kier molecular flexibility index (Phi) is 4.84. The third-order valence-electron chi connectivity index (χ3n) is 3.90. The zero-order valence-electron chi connectivity index (χ0n) is 13.8. The Hall–Kier alpha value is -2.76. The van der Waals surface area contributed by atoms with E-state index >= 15 is 0 Å². The van der Waals surface area contributed by atoms with Crippen molar-refractivity contribution in [2.24, 2.45) is 0 Å². The molecule has 0 unspecified atom stereocenters. The first kappa shape index (κ1) is 16.1. The summed E-state index contributed by atoms with van der Waals surface area (Å²) in [5.41, 5.74) is 1.53. The van der Waals surface area contributed by atoms with E-state index in [4.69, 9.17) is 9.47 Å². The van der Waals surface area contributed by atoms with Crippen LogP contribution in [0, 0.1) is 0 Å². The van der Waals surface area contributed by atoms with Crippen molar-refractivity contribution in [2.45, 2.75) is 19.4 Å². The Morgan fingerprint density at radius 2 is 1.96 bits per heavy atom. The van der Waals surface area contributed by atoms with Crippen LogP contribution in [0.5, 0.6) is 11.5 Å². The van der Waals surface area contributed by atoms with Gasteiger partial charge in [0.05, 0.1) is 19.3 Å². The van der Waals surface area contributed by atoms with E-state index in [1.807, 2.05) is 25.1 Å². The van der Waals surface area contributed by atoms with Gasteiger partial charge < -0.3 is 20.1 Å². The van der Waals surface area contributed by atoms with Gasteiger partial charge in [-0.25, -0.2) is 4.98 Å². The second kappa shape index (κ2) is 7.21. The largest absolute Gasteiger partial charge is 0.490 e. The van der Waals surface area contributed by atoms with E-state index in [1.165, 1.54) is 0 Å². The molecule has 0 aliphatic carbocycles. The Balaban J connectivity index is 1.73. The minimum absolute atomic E-state index is 0.145. The molecule has 0 saturated heterocycles. The van der Waals surface area contributed by atoms with Crippen molar-refractivity contribution in [1.29, 1.82) is 0 Å². The second-order valence-electron chi connectivity index (χ2n) is 5.63. The van der Waals surface area contributed by atoms with Gasteiger partial charge in [-0.3, -0.25) is 4.79 Å². The summed E-state index contributed by atoms with van der Waals surface area (Å²) in [7, 11) is 1.77. The fraction of sp³-hybridized carbons (Fsp3) is 0.333. The summed E-state index contributed by atoms with van der Waals surface area (Å²) >= 11 is 0. The molecule has 1 aliphatic rings. The first-order valence-electron chi connectivity index (χ1n) is 8.01. The van der Waals surface area contributed by atoms with Crippen LogP contribution in [0.1, 0.15) is 35.3 Å². The molecule has 1 aliphatic heterocycles. The molecule has 1 atom stereocenters. The average Bonchev–Trinajstić information content (AvgIpc) is 2.86. The third kappa shape index (κ3) is 3.59. The van der Waals surface area contributed by atoms with Crippen LogP contribution in [0.25, 0.3) is 0 Å². The number of carbonyl (C=O) groups is 1. The highest BCUT2D eigenvalue weighted by molar-refractivity contribution is 5.95. The number of pyridine rings is 1. The predicted molar refractivity (Wildman–Crippen MR) is 91.7 cm³/mol. The first-order chi connectivity index (χ1) is 11.7. The summed E-state index contributed by atoms with van der Waals surface area (Å²) in [5.74, 6) is 1.99. The van der Waals surface area contributed by atoms with Gasteiger partial charge in [0.2, 0.25) is 0 Å². The lowest BCUT2D eigenvalue weighted by Crippen LogP contribution is -2.26. The molecular formula is C18H21N3O3. The van der Waals surface area contributed by atoms with Gasteiger partial charge in [-0.15, -0.1) is 0 Å². The summed E-state index contributed by atoms with van der Waals surface area (Å²) in [4.78, 5) is 16.5. The van der Waals surface area contributed by atoms with Crippen LogP contribution in [-0.4, -0.2) is 31.2 Å². The number of aromatic nitrogens is 1. The highest BCUT2D eigenvalue weighted by Gasteiger charge is 2.16. The quantitative estimate of drug-likeness (QED) is 0.903. The lowest BCUT2D eigenvalue weighted by atomic mass is 10.1. The maximum Gasteiger partial charge on any atom is 0.251 e. The highest BCUT2D eigenvalue weighted by Crippen LogP contribution is 2.32. The predicted octanol–water partition coefficient (Wildman–Crippen LogP) is 2.78. The Bertz CT molecular complexity index is 733. The van der Waals surface area contributed by atoms with Crippen molar-refractivity contribution in [3.05, 3.63) is 47.7 Å². The number of amides is 1. The molecule has 2 aromatic rings. The van der Waals surface area contributed by atoms with Gasteiger partial charge in [0.1, 0.15) is 5.82 Å². The number of hydrogen-bond donors (Lipinski definition) is 2. The van der Waals surface area contributed by atoms with Gasteiger partial charge in [-0.1, -0.05) is 6.07 Å². The van der Waals surface area contributed by atoms with Crippen LogP contribution in [0.4, 0.5) is 5.82 Å². The standard InChI is InChI=1S/C18H21N3O3/c1-12(21-18(22)14-6-7-20-17(11-14)19-2)13-4-5-15-16(10-13)24-9-3-8-23-15/h4-7,10-12H,3,8-9H2,1-2H3,(H,19,20)(H,21,22)/t12-/m0/s1. The fourth-order valence-electron chi connectivity index (χ4n) is 2.52. The van der Waals surface area contributed by atoms with Gasteiger partial charge in [0, 0.05) is 25.2 Å². The topological polar surface area (TPSA) is 72.5 Å². The average molecular weight is 327 g/mol. The Morgan fingerprint density at radius 3 is 2.75 bits per heavy atom. The van der Waals surface area contributed by atoms with Crippen LogP contribution in [0.2, 0.25) is 0 Å². The number of nitrogens with zero attached hydrogens (tertiary/aromatic N) is 1. The normalized spacial score (nSPS) is 14.4. The van der Waals surface area contributed by atoms with Gasteiger partial charge in [0.25, 0.3) is 5.91 Å². The van der Waals surface area contributed by atoms with Gasteiger partial charge in [0.15, 0.2) is 11.5 Å². The van der Waals surface area contributed by atoms with E-state index in [1.54, 1.807) is 25.4 Å². The number of nitrogens with one attached hydrogen (secondary N) is 2. The Morgan fingerprint density at radius 1 is 1.17 bits per heavy atom. The summed E-state index contributed by atoms with van der Waals surface area (Å²) < 4.78 is 11.3. The number of carbonyl (C=O) groups excluding carboxylic acids is 1. The molecule has 2 N–H and O–H groups in total. The van der Waals surface area contributed by atoms with E-state index in [-0.39, 0.29) is 11.9 Å². The number of fused-ring (bicyclic) bond motifs is 1. The molecule has 2 heterocycles. The molecule has 0 radical (unpaired) electrons. The van der Waals surface area contributed by atoms with Crippen LogP contribution >= 0.6 is 0 Å². The molecule has 1 aromatic carbocycles. The van der Waals surface area contributed by atoms with Crippen LogP contribution in [-0.2, 0) is 0 Å². The van der Waals surface area contributed by atoms with Crippen molar-refractivity contribution < 1.29 is 14.3 Å². The zero-order valence-corrected chi connectivity index (χ0v) is 13.8. The van der Waals surface area contributed by atoms with Crippen molar-refractivity contribution >= 4 is 11.7 Å². The molecule has 6 nitrogen and oxygen atoms in total. The van der Waals surface area contributed by atoms with E-state index in [9.17, 15) is 4.79 Å². The third-order valence-corrected chi connectivity index (χ3v) is 3.90. The minimum atomic E-state index is -0.152. The van der Waals surface area contributed by atoms with E-state index in [0.29, 0.717) is 24.6 Å². The molecule has 24 heavy (non-hydrogen) atoms. The number of anilines is 1. The van der Waals surface area contributed by atoms with E-state index in [2.05, 4.69) is 15.6 Å². The lowest BCUT2D eigenvalue weighted by molar-refractivity contribution is 0.0939. The zero-order chi connectivity index (χ0) is 16.9. The second-order valence-corrected chi connectivity index (χ2v) is 5.63. The molecule has 1 amide bonds. The smallest absolute Gasteiger partial charge is 0.251 e. The van der Waals surface area contributed by atoms with Crippen molar-refractivity contribution in [3.8, 4) is 11.5 Å². The molecule has 0 fully saturated rings. The molecule has 0 saturated carbocycles. The number of benzene rings is 1. The van der Waals surface area contributed by atoms with Gasteiger partial charge in [-0.2, -0.15) is 0 Å². The number of hydrogen-bond acceptors (Lipinski definition) is 5. The van der Waals surface area contributed by atoms with Crippen LogP contribution < -0.4 is 20.1 Å². The monoisotopic (exact) mass is 327 g/mol. The maximum absolute atomic E-state index is 12.4. The van der Waals surface area contributed by atoms with Gasteiger partial charge in [-0.05, 0) is 36.8 Å². The SMILES string of the molecule is CNc1cc(C(=O)N[C@@H](C)c2ccc3c(c2)OCCCO3)ccn1. The van der Waals surface area contributed by atoms with Crippen LogP contribution in [0.15, 0.2) is 36.5 Å². The van der Waals surface area contributed by atoms with Crippen molar-refractivity contribution in [1.82, 2.24) is 10.3 Å². The van der Waals surface area contributed by atoms with Crippen molar-refractivity contribution in [2.75, 3.05) is 25.6 Å². The van der Waals surface area contributed by atoms with Crippen LogP contribution in [0.3, 0.4) is 0 Å². The molecule has 3 rings (SSSR count). The van der Waals surface area contributed by atoms with E-state index < -0.39 is 0 Å². The molecular weight excluding hydrogens is 306 g/mol. The summed E-state index contributed by atoms with van der Waals surface area (Å²) in [5, 5.41) is 5.92. The summed E-state index contributed by atoms with van der Waals surface area (Å²) in [6, 6.07) is 9.03. The lowest BCUT2D eigenvalue weighted by Gasteiger charge is -2.16. The van der Waals surface area contributed by atoms with E-state index in [0.717, 1.165) is 23.5 Å². The minimum Gasteiger partial charge on any atom is -0.490 e. The molecule has 0 bridgehead atoms. The maximum atomic E-state index is 12.4. The number of rotatable bonds is 4.